The first-order valence-corrected chi connectivity index (χ1v) is 5.90. The Bertz CT molecular complexity index is 607. The van der Waals surface area contributed by atoms with Crippen LogP contribution < -0.4 is 4.74 Å². The first-order chi connectivity index (χ1) is 9.16. The highest BCUT2D eigenvalue weighted by molar-refractivity contribution is 5.87. The molecule has 0 spiro atoms. The number of carbonyl (C=O) groups excluding carboxylic acids is 1. The highest BCUT2D eigenvalue weighted by Gasteiger charge is 2.09. The summed E-state index contributed by atoms with van der Waals surface area (Å²) in [5.41, 5.74) is 1.38. The monoisotopic (exact) mass is 254 g/mol. The van der Waals surface area contributed by atoms with E-state index in [1.54, 1.807) is 31.5 Å². The van der Waals surface area contributed by atoms with Crippen molar-refractivity contribution in [2.75, 3.05) is 0 Å². The minimum Gasteiger partial charge on any atom is -0.460 e. The third-order valence-electron chi connectivity index (χ3n) is 2.36. The van der Waals surface area contributed by atoms with Crippen LogP contribution in [0.3, 0.4) is 0 Å². The Morgan fingerprint density at radius 3 is 2.58 bits per heavy atom. The number of pyridine rings is 2. The van der Waals surface area contributed by atoms with Crippen LogP contribution in [0.5, 0.6) is 5.75 Å². The summed E-state index contributed by atoms with van der Waals surface area (Å²) in [6, 6.07) is 9.17. The number of allylic oxidation sites excluding steroid dienone is 2. The molecule has 0 saturated heterocycles. The second kappa shape index (κ2) is 5.91. The van der Waals surface area contributed by atoms with Crippen molar-refractivity contribution in [3.63, 3.8) is 0 Å². The third-order valence-corrected chi connectivity index (χ3v) is 2.36. The molecule has 0 amide bonds. The predicted molar refractivity (Wildman–Crippen MR) is 72.5 cm³/mol. The van der Waals surface area contributed by atoms with Gasteiger partial charge in [-0.1, -0.05) is 6.07 Å². The quantitative estimate of drug-likeness (QED) is 0.621. The van der Waals surface area contributed by atoms with E-state index >= 15 is 0 Å². The first kappa shape index (κ1) is 13.0. The average Bonchev–Trinajstić information content (AvgIpc) is 2.39. The zero-order chi connectivity index (χ0) is 13.7. The molecule has 0 N–H and O–H groups in total. The van der Waals surface area contributed by atoms with Crippen LogP contribution in [-0.4, -0.2) is 15.8 Å². The lowest BCUT2D eigenvalue weighted by Gasteiger charge is -2.09. The summed E-state index contributed by atoms with van der Waals surface area (Å²) >= 11 is 0. The van der Waals surface area contributed by atoms with Gasteiger partial charge in [0.25, 0.3) is 0 Å². The molecule has 2 heterocycles. The number of nitrogens with zero attached hydrogens (tertiary/aromatic N) is 2. The van der Waals surface area contributed by atoms with Crippen LogP contribution in [0.15, 0.2) is 54.6 Å². The van der Waals surface area contributed by atoms with Crippen LogP contribution in [0.25, 0.3) is 11.4 Å². The van der Waals surface area contributed by atoms with Crippen molar-refractivity contribution in [3.05, 3.63) is 54.6 Å². The summed E-state index contributed by atoms with van der Waals surface area (Å²) in [6.07, 6.45) is 4.82. The van der Waals surface area contributed by atoms with E-state index in [9.17, 15) is 4.79 Å². The van der Waals surface area contributed by atoms with Crippen LogP contribution in [0.1, 0.15) is 13.8 Å². The van der Waals surface area contributed by atoms with E-state index in [1.165, 1.54) is 13.0 Å². The van der Waals surface area contributed by atoms with Gasteiger partial charge in [0.15, 0.2) is 11.5 Å². The molecule has 4 nitrogen and oxygen atoms in total. The molecule has 0 aliphatic carbocycles. The van der Waals surface area contributed by atoms with E-state index in [2.05, 4.69) is 9.97 Å². The van der Waals surface area contributed by atoms with Gasteiger partial charge in [0.1, 0.15) is 11.5 Å². The van der Waals surface area contributed by atoms with Gasteiger partial charge < -0.3 is 4.74 Å². The lowest BCUT2D eigenvalue weighted by molar-refractivity contribution is -0.112. The fourth-order valence-corrected chi connectivity index (χ4v) is 1.66. The maximum Gasteiger partial charge on any atom is 0.155 e. The summed E-state index contributed by atoms with van der Waals surface area (Å²) in [7, 11) is 0. The van der Waals surface area contributed by atoms with Gasteiger partial charge in [-0.2, -0.15) is 0 Å². The largest absolute Gasteiger partial charge is 0.460 e. The third kappa shape index (κ3) is 3.48. The summed E-state index contributed by atoms with van der Waals surface area (Å²) in [4.78, 5) is 19.5. The van der Waals surface area contributed by atoms with E-state index in [1.807, 2.05) is 18.2 Å². The van der Waals surface area contributed by atoms with Gasteiger partial charge in [-0.25, -0.2) is 0 Å². The van der Waals surface area contributed by atoms with Gasteiger partial charge in [0.2, 0.25) is 0 Å². The number of ketones is 1. The number of hydrogen-bond donors (Lipinski definition) is 0. The Hall–Kier alpha value is -2.49. The molecular formula is C15H14N2O2. The van der Waals surface area contributed by atoms with Crippen molar-refractivity contribution in [1.82, 2.24) is 9.97 Å². The van der Waals surface area contributed by atoms with Gasteiger partial charge in [-0.3, -0.25) is 14.8 Å². The zero-order valence-corrected chi connectivity index (χ0v) is 10.8. The Balaban J connectivity index is 2.35. The second-order valence-corrected chi connectivity index (χ2v) is 4.03. The molecule has 2 rings (SSSR count). The van der Waals surface area contributed by atoms with Crippen LogP contribution in [0, 0.1) is 0 Å². The zero-order valence-electron chi connectivity index (χ0n) is 10.8. The van der Waals surface area contributed by atoms with Crippen LogP contribution in [-0.2, 0) is 4.79 Å². The Morgan fingerprint density at radius 1 is 1.11 bits per heavy atom. The van der Waals surface area contributed by atoms with Crippen molar-refractivity contribution in [2.24, 2.45) is 0 Å². The number of hydrogen-bond acceptors (Lipinski definition) is 4. The molecular weight excluding hydrogens is 240 g/mol. The van der Waals surface area contributed by atoms with E-state index in [-0.39, 0.29) is 5.78 Å². The lowest BCUT2D eigenvalue weighted by Crippen LogP contribution is -1.98. The van der Waals surface area contributed by atoms with Gasteiger partial charge in [-0.15, -0.1) is 0 Å². The molecule has 0 saturated carbocycles. The smallest absolute Gasteiger partial charge is 0.155 e. The SMILES string of the molecule is CC(=O)/C=C(\C)Oc1cccnc1-c1ccccn1. The molecule has 4 heteroatoms. The van der Waals surface area contributed by atoms with E-state index < -0.39 is 0 Å². The predicted octanol–water partition coefficient (Wildman–Crippen LogP) is 3.02. The minimum atomic E-state index is -0.0548. The minimum absolute atomic E-state index is 0.0548. The van der Waals surface area contributed by atoms with Crippen molar-refractivity contribution >= 4 is 5.78 Å². The molecule has 0 aliphatic heterocycles. The topological polar surface area (TPSA) is 52.1 Å². The molecule has 96 valence electrons. The van der Waals surface area contributed by atoms with Gasteiger partial charge in [-0.05, 0) is 38.1 Å². The van der Waals surface area contributed by atoms with E-state index in [4.69, 9.17) is 4.74 Å². The maximum absolute atomic E-state index is 11.0. The Morgan fingerprint density at radius 2 is 1.89 bits per heavy atom. The van der Waals surface area contributed by atoms with Gasteiger partial charge >= 0.3 is 0 Å². The van der Waals surface area contributed by atoms with Gasteiger partial charge in [0, 0.05) is 18.5 Å². The molecule has 0 atom stereocenters. The summed E-state index contributed by atoms with van der Waals surface area (Å²) < 4.78 is 5.65. The molecule has 2 aromatic heterocycles. The number of ether oxygens (including phenoxy) is 1. The van der Waals surface area contributed by atoms with Crippen molar-refractivity contribution in [2.45, 2.75) is 13.8 Å². The molecule has 0 aliphatic rings. The summed E-state index contributed by atoms with van der Waals surface area (Å²) in [5, 5.41) is 0. The Labute approximate surface area is 111 Å². The number of rotatable bonds is 4. The lowest BCUT2D eigenvalue weighted by atomic mass is 10.2. The van der Waals surface area contributed by atoms with Crippen molar-refractivity contribution in [1.29, 1.82) is 0 Å². The number of aromatic nitrogens is 2. The van der Waals surface area contributed by atoms with Gasteiger partial charge in [0.05, 0.1) is 5.69 Å². The maximum atomic E-state index is 11.0. The molecule has 0 aromatic carbocycles. The highest BCUT2D eigenvalue weighted by atomic mass is 16.5. The van der Waals surface area contributed by atoms with Crippen LogP contribution >= 0.6 is 0 Å². The van der Waals surface area contributed by atoms with E-state index in [0.717, 1.165) is 5.69 Å². The molecule has 0 bridgehead atoms. The fourth-order valence-electron chi connectivity index (χ4n) is 1.66. The Kier molecular flexibility index (Phi) is 4.03. The first-order valence-electron chi connectivity index (χ1n) is 5.90. The van der Waals surface area contributed by atoms with Crippen molar-refractivity contribution < 1.29 is 9.53 Å². The van der Waals surface area contributed by atoms with Crippen LogP contribution in [0.4, 0.5) is 0 Å². The summed E-state index contributed by atoms with van der Waals surface area (Å²) in [6.45, 7) is 3.21. The normalized spacial score (nSPS) is 11.2. The van der Waals surface area contributed by atoms with E-state index in [0.29, 0.717) is 17.2 Å². The highest BCUT2D eigenvalue weighted by Crippen LogP contribution is 2.26. The molecule has 0 fully saturated rings. The standard InChI is InChI=1S/C15H14N2O2/c1-11(18)10-12(2)19-14-7-5-9-17-15(14)13-6-3-4-8-16-13/h3-10H,1-2H3/b12-10+. The average molecular weight is 254 g/mol. The molecule has 0 unspecified atom stereocenters. The fraction of sp³-hybridized carbons (Fsp3) is 0.133. The second-order valence-electron chi connectivity index (χ2n) is 4.03. The number of carbonyl (C=O) groups is 1. The molecule has 19 heavy (non-hydrogen) atoms. The summed E-state index contributed by atoms with van der Waals surface area (Å²) in [5.74, 6) is 1.05. The van der Waals surface area contributed by atoms with Crippen LogP contribution in [0.2, 0.25) is 0 Å². The molecule has 2 aromatic rings. The molecule has 0 radical (unpaired) electrons. The van der Waals surface area contributed by atoms with Crippen molar-refractivity contribution in [3.8, 4) is 17.1 Å².